The Morgan fingerprint density at radius 2 is 2.19 bits per heavy atom. The summed E-state index contributed by atoms with van der Waals surface area (Å²) in [6.45, 7) is 1.24. The number of halogens is 3. The maximum absolute atomic E-state index is 6.35. The van der Waals surface area contributed by atoms with Gasteiger partial charge in [0.2, 0.25) is 0 Å². The van der Waals surface area contributed by atoms with Crippen molar-refractivity contribution in [2.24, 2.45) is 0 Å². The number of hydrogen-bond donors (Lipinski definition) is 1. The van der Waals surface area contributed by atoms with Gasteiger partial charge in [0, 0.05) is 16.1 Å². The Hall–Kier alpha value is -0.400. The van der Waals surface area contributed by atoms with E-state index in [0.717, 1.165) is 20.2 Å². The van der Waals surface area contributed by atoms with Crippen LogP contribution in [0.2, 0.25) is 5.02 Å². The minimum absolute atomic E-state index is 0.0660. The third kappa shape index (κ3) is 3.87. The standard InChI is InChI=1S/C14H16Br2ClN3O/c1-18-13(10-7-9(15)3-4-11(10)16)14-12(17)8-19-20(14)5-6-21-2/h3-4,7-8,13,18H,5-6H2,1-2H3. The van der Waals surface area contributed by atoms with Crippen molar-refractivity contribution in [2.45, 2.75) is 12.6 Å². The monoisotopic (exact) mass is 435 g/mol. The molecule has 1 aromatic carbocycles. The van der Waals surface area contributed by atoms with Crippen LogP contribution in [0.15, 0.2) is 33.3 Å². The number of hydrogen-bond acceptors (Lipinski definition) is 3. The molecule has 1 aromatic heterocycles. The Morgan fingerprint density at radius 3 is 2.86 bits per heavy atom. The van der Waals surface area contributed by atoms with Crippen LogP contribution in [-0.2, 0) is 11.3 Å². The molecule has 0 aliphatic rings. The summed E-state index contributed by atoms with van der Waals surface area (Å²) >= 11 is 13.5. The quantitative estimate of drug-likeness (QED) is 0.742. The maximum atomic E-state index is 6.35. The van der Waals surface area contributed by atoms with Crippen LogP contribution >= 0.6 is 43.5 Å². The third-order valence-electron chi connectivity index (χ3n) is 3.17. The second-order valence-electron chi connectivity index (χ2n) is 4.48. The summed E-state index contributed by atoms with van der Waals surface area (Å²) in [6.07, 6.45) is 1.67. The van der Waals surface area contributed by atoms with Gasteiger partial charge < -0.3 is 10.1 Å². The van der Waals surface area contributed by atoms with E-state index in [1.807, 2.05) is 23.9 Å². The largest absolute Gasteiger partial charge is 0.383 e. The van der Waals surface area contributed by atoms with E-state index in [4.69, 9.17) is 16.3 Å². The predicted molar refractivity (Wildman–Crippen MR) is 91.9 cm³/mol. The number of benzene rings is 1. The lowest BCUT2D eigenvalue weighted by atomic mass is 10.0. The molecule has 2 rings (SSSR count). The summed E-state index contributed by atoms with van der Waals surface area (Å²) in [4.78, 5) is 0. The van der Waals surface area contributed by atoms with Gasteiger partial charge in [-0.3, -0.25) is 4.68 Å². The van der Waals surface area contributed by atoms with Gasteiger partial charge in [-0.2, -0.15) is 5.10 Å². The maximum Gasteiger partial charge on any atom is 0.0837 e. The minimum Gasteiger partial charge on any atom is -0.383 e. The molecule has 7 heteroatoms. The van der Waals surface area contributed by atoms with E-state index in [9.17, 15) is 0 Å². The summed E-state index contributed by atoms with van der Waals surface area (Å²) < 4.78 is 9.03. The average molecular weight is 438 g/mol. The molecule has 114 valence electrons. The summed E-state index contributed by atoms with van der Waals surface area (Å²) in [5, 5.41) is 8.28. The van der Waals surface area contributed by atoms with Gasteiger partial charge in [0.1, 0.15) is 0 Å². The topological polar surface area (TPSA) is 39.1 Å². The number of nitrogens with one attached hydrogen (secondary N) is 1. The normalized spacial score (nSPS) is 12.6. The van der Waals surface area contributed by atoms with E-state index in [-0.39, 0.29) is 6.04 Å². The molecule has 2 aromatic rings. The summed E-state index contributed by atoms with van der Waals surface area (Å²) in [5.41, 5.74) is 2.02. The van der Waals surface area contributed by atoms with E-state index in [0.29, 0.717) is 18.2 Å². The van der Waals surface area contributed by atoms with Crippen LogP contribution in [0.3, 0.4) is 0 Å². The molecule has 0 spiro atoms. The molecular weight excluding hydrogens is 421 g/mol. The molecule has 0 saturated carbocycles. The van der Waals surface area contributed by atoms with Crippen molar-refractivity contribution < 1.29 is 4.74 Å². The fraction of sp³-hybridized carbons (Fsp3) is 0.357. The lowest BCUT2D eigenvalue weighted by Crippen LogP contribution is -2.23. The van der Waals surface area contributed by atoms with Crippen LogP contribution in [0.4, 0.5) is 0 Å². The van der Waals surface area contributed by atoms with E-state index < -0.39 is 0 Å². The first-order valence-corrected chi connectivity index (χ1v) is 8.37. The van der Waals surface area contributed by atoms with Crippen molar-refractivity contribution in [1.82, 2.24) is 15.1 Å². The van der Waals surface area contributed by atoms with Crippen molar-refractivity contribution >= 4 is 43.5 Å². The Balaban J connectivity index is 2.46. The first kappa shape index (κ1) is 17.0. The first-order chi connectivity index (χ1) is 10.1. The molecule has 0 amide bonds. The molecule has 1 N–H and O–H groups in total. The fourth-order valence-corrected chi connectivity index (χ4v) is 3.29. The van der Waals surface area contributed by atoms with Gasteiger partial charge in [0.15, 0.2) is 0 Å². The Labute approximate surface area is 146 Å². The number of aromatic nitrogens is 2. The van der Waals surface area contributed by atoms with Gasteiger partial charge >= 0.3 is 0 Å². The predicted octanol–water partition coefficient (Wildman–Crippen LogP) is 4.02. The third-order valence-corrected chi connectivity index (χ3v) is 4.68. The zero-order valence-corrected chi connectivity index (χ0v) is 15.7. The summed E-state index contributed by atoms with van der Waals surface area (Å²) in [5.74, 6) is 0. The molecule has 4 nitrogen and oxygen atoms in total. The molecule has 0 bridgehead atoms. The Morgan fingerprint density at radius 1 is 1.43 bits per heavy atom. The molecule has 0 aliphatic carbocycles. The van der Waals surface area contributed by atoms with Crippen LogP contribution < -0.4 is 5.32 Å². The molecule has 0 radical (unpaired) electrons. The highest BCUT2D eigenvalue weighted by molar-refractivity contribution is 9.11. The van der Waals surface area contributed by atoms with Crippen LogP contribution in [0, 0.1) is 0 Å². The van der Waals surface area contributed by atoms with Crippen LogP contribution in [0.25, 0.3) is 0 Å². The molecule has 1 heterocycles. The molecule has 1 unspecified atom stereocenters. The lowest BCUT2D eigenvalue weighted by molar-refractivity contribution is 0.182. The number of rotatable bonds is 6. The SMILES string of the molecule is CNC(c1cc(Br)ccc1Br)c1c(Cl)cnn1CCOC. The Kier molecular flexibility index (Phi) is 6.25. The van der Waals surface area contributed by atoms with Crippen LogP contribution in [0.1, 0.15) is 17.3 Å². The summed E-state index contributed by atoms with van der Waals surface area (Å²) in [6, 6.07) is 6.00. The van der Waals surface area contributed by atoms with Crippen LogP contribution in [0.5, 0.6) is 0 Å². The molecular formula is C14H16Br2ClN3O. The van der Waals surface area contributed by atoms with Gasteiger partial charge in [-0.1, -0.05) is 43.5 Å². The van der Waals surface area contributed by atoms with E-state index >= 15 is 0 Å². The highest BCUT2D eigenvalue weighted by Gasteiger charge is 2.22. The molecule has 0 aliphatic heterocycles. The van der Waals surface area contributed by atoms with Crippen LogP contribution in [-0.4, -0.2) is 30.5 Å². The number of methoxy groups -OCH3 is 1. The van der Waals surface area contributed by atoms with Gasteiger partial charge in [-0.25, -0.2) is 0 Å². The van der Waals surface area contributed by atoms with E-state index in [1.165, 1.54) is 0 Å². The van der Waals surface area contributed by atoms with E-state index in [2.05, 4.69) is 48.3 Å². The van der Waals surface area contributed by atoms with Gasteiger partial charge in [0.05, 0.1) is 36.1 Å². The van der Waals surface area contributed by atoms with Crippen molar-refractivity contribution in [3.8, 4) is 0 Å². The van der Waals surface area contributed by atoms with Gasteiger partial charge in [-0.15, -0.1) is 0 Å². The molecule has 21 heavy (non-hydrogen) atoms. The Bertz CT molecular complexity index is 618. The van der Waals surface area contributed by atoms with Crippen molar-refractivity contribution in [3.05, 3.63) is 49.6 Å². The molecule has 0 saturated heterocycles. The zero-order valence-electron chi connectivity index (χ0n) is 11.7. The number of nitrogens with zero attached hydrogens (tertiary/aromatic N) is 2. The fourth-order valence-electron chi connectivity index (χ4n) is 2.19. The second kappa shape index (κ2) is 7.74. The molecule has 1 atom stereocenters. The van der Waals surface area contributed by atoms with Crippen molar-refractivity contribution in [3.63, 3.8) is 0 Å². The van der Waals surface area contributed by atoms with Gasteiger partial charge in [-0.05, 0) is 30.8 Å². The second-order valence-corrected chi connectivity index (χ2v) is 6.66. The highest BCUT2D eigenvalue weighted by Crippen LogP contribution is 2.33. The highest BCUT2D eigenvalue weighted by atomic mass is 79.9. The van der Waals surface area contributed by atoms with Gasteiger partial charge in [0.25, 0.3) is 0 Å². The average Bonchev–Trinajstić information content (AvgIpc) is 2.83. The summed E-state index contributed by atoms with van der Waals surface area (Å²) in [7, 11) is 3.58. The van der Waals surface area contributed by atoms with E-state index in [1.54, 1.807) is 13.3 Å². The smallest absolute Gasteiger partial charge is 0.0837 e. The van der Waals surface area contributed by atoms with Crippen molar-refractivity contribution in [2.75, 3.05) is 20.8 Å². The number of ether oxygens (including phenoxy) is 1. The first-order valence-electron chi connectivity index (χ1n) is 6.40. The molecule has 0 fully saturated rings. The lowest BCUT2D eigenvalue weighted by Gasteiger charge is -2.20. The van der Waals surface area contributed by atoms with Crippen molar-refractivity contribution in [1.29, 1.82) is 0 Å². The minimum atomic E-state index is -0.0660. The zero-order chi connectivity index (χ0) is 15.4.